The molecule has 4 aromatic carbocycles. The number of nitrogen functional groups attached to an aromatic ring is 1. The van der Waals surface area contributed by atoms with E-state index < -0.39 is 0 Å². The highest BCUT2D eigenvalue weighted by Gasteiger charge is 2.25. The smallest absolute Gasteiger partial charge is 0.251 e. The van der Waals surface area contributed by atoms with E-state index in [9.17, 15) is 14.4 Å². The molecule has 0 spiro atoms. The van der Waals surface area contributed by atoms with E-state index >= 15 is 0 Å². The predicted octanol–water partition coefficient (Wildman–Crippen LogP) is 5.59. The Kier molecular flexibility index (Phi) is 8.51. The second kappa shape index (κ2) is 13.2. The van der Waals surface area contributed by atoms with Crippen LogP contribution in [0.2, 0.25) is 0 Å². The van der Waals surface area contributed by atoms with E-state index in [1.165, 1.54) is 0 Å². The highest BCUT2D eigenvalue weighted by Crippen LogP contribution is 2.26. The number of nitrogens with zero attached hydrogens (tertiary/aromatic N) is 4. The number of carbonyl (C=O) groups is 3. The number of para-hydroxylation sites is 4. The SMILES string of the molecule is Nc1nc2ccccc2n1-c1ccc(C(=O)NC2CC2)cc1.O=C(CCl)Nc1nc2ccccc2n1-c1ccc(C(=O)NC2CC2)cc1. The lowest BCUT2D eigenvalue weighted by Crippen LogP contribution is -2.25. The van der Waals surface area contributed by atoms with Crippen LogP contribution in [0.25, 0.3) is 33.4 Å². The summed E-state index contributed by atoms with van der Waals surface area (Å²) < 4.78 is 3.72. The largest absolute Gasteiger partial charge is 0.369 e. The van der Waals surface area contributed by atoms with Crippen LogP contribution in [-0.2, 0) is 4.79 Å². The van der Waals surface area contributed by atoms with Crippen molar-refractivity contribution in [1.82, 2.24) is 29.7 Å². The van der Waals surface area contributed by atoms with Crippen LogP contribution in [0, 0.1) is 0 Å². The summed E-state index contributed by atoms with van der Waals surface area (Å²) in [5.41, 5.74) is 12.4. The third kappa shape index (κ3) is 6.72. The molecule has 2 aliphatic carbocycles. The van der Waals surface area contributed by atoms with Gasteiger partial charge in [-0.1, -0.05) is 24.3 Å². The number of halogens is 1. The molecule has 6 aromatic rings. The number of fused-ring (bicyclic) bond motifs is 2. The van der Waals surface area contributed by atoms with Crippen LogP contribution < -0.4 is 21.7 Å². The number of aromatic nitrogens is 4. The van der Waals surface area contributed by atoms with Crippen LogP contribution >= 0.6 is 11.6 Å². The van der Waals surface area contributed by atoms with E-state index in [0.717, 1.165) is 59.1 Å². The van der Waals surface area contributed by atoms with Crippen LogP contribution in [0.15, 0.2) is 97.1 Å². The lowest BCUT2D eigenvalue weighted by Gasteiger charge is -2.10. The number of rotatable bonds is 8. The van der Waals surface area contributed by atoms with E-state index in [-0.39, 0.29) is 23.6 Å². The summed E-state index contributed by atoms with van der Waals surface area (Å²) in [5, 5.41) is 8.67. The number of alkyl halides is 1. The number of hydrogen-bond acceptors (Lipinski definition) is 6. The van der Waals surface area contributed by atoms with E-state index in [2.05, 4.69) is 25.9 Å². The number of nitrogens with two attached hydrogens (primary N) is 1. The van der Waals surface area contributed by atoms with Gasteiger partial charge in [0.2, 0.25) is 17.8 Å². The van der Waals surface area contributed by atoms with Crippen molar-refractivity contribution >= 4 is 63.3 Å². The first-order chi connectivity index (χ1) is 23.4. The Bertz CT molecular complexity index is 2130. The Hall–Kier alpha value is -5.68. The van der Waals surface area contributed by atoms with Crippen LogP contribution in [0.1, 0.15) is 46.4 Å². The summed E-state index contributed by atoms with van der Waals surface area (Å²) >= 11 is 5.61. The van der Waals surface area contributed by atoms with Gasteiger partial charge in [-0.25, -0.2) is 9.97 Å². The quantitative estimate of drug-likeness (QED) is 0.156. The van der Waals surface area contributed by atoms with Crippen molar-refractivity contribution in [1.29, 1.82) is 0 Å². The van der Waals surface area contributed by atoms with Gasteiger partial charge in [-0.2, -0.15) is 0 Å². The van der Waals surface area contributed by atoms with Crippen molar-refractivity contribution in [2.75, 3.05) is 16.9 Å². The second-order valence-corrected chi connectivity index (χ2v) is 12.1. The highest BCUT2D eigenvalue weighted by molar-refractivity contribution is 6.29. The van der Waals surface area contributed by atoms with Gasteiger partial charge in [0.05, 0.1) is 22.1 Å². The Labute approximate surface area is 281 Å². The molecule has 0 bridgehead atoms. The maximum Gasteiger partial charge on any atom is 0.251 e. The van der Waals surface area contributed by atoms with Gasteiger partial charge in [0.15, 0.2) is 0 Å². The number of hydrogen-bond donors (Lipinski definition) is 4. The zero-order chi connectivity index (χ0) is 33.2. The maximum atomic E-state index is 12.2. The molecule has 11 nitrogen and oxygen atoms in total. The molecule has 242 valence electrons. The van der Waals surface area contributed by atoms with Crippen LogP contribution in [0.5, 0.6) is 0 Å². The minimum atomic E-state index is -0.330. The monoisotopic (exact) mass is 660 g/mol. The average Bonchev–Trinajstić information content (AvgIpc) is 4.04. The molecule has 0 aliphatic heterocycles. The summed E-state index contributed by atoms with van der Waals surface area (Å²) in [6.45, 7) is 0. The number of carbonyl (C=O) groups excluding carboxylic acids is 3. The van der Waals surface area contributed by atoms with Gasteiger partial charge >= 0.3 is 0 Å². The molecule has 0 unspecified atom stereocenters. The van der Waals surface area contributed by atoms with E-state index in [1.807, 2.05) is 94.1 Å². The zero-order valence-corrected chi connectivity index (χ0v) is 26.7. The van der Waals surface area contributed by atoms with Gasteiger partial charge in [-0.15, -0.1) is 11.6 Å². The van der Waals surface area contributed by atoms with Gasteiger partial charge in [0.1, 0.15) is 5.88 Å². The Morgan fingerprint density at radius 3 is 1.62 bits per heavy atom. The number of amides is 3. The molecular formula is C36H33ClN8O3. The molecule has 2 aliphatic rings. The molecule has 2 heterocycles. The molecule has 8 rings (SSSR count). The lowest BCUT2D eigenvalue weighted by molar-refractivity contribution is -0.114. The Morgan fingerprint density at radius 2 is 1.12 bits per heavy atom. The fraction of sp³-hybridized carbons (Fsp3) is 0.194. The van der Waals surface area contributed by atoms with Crippen molar-refractivity contribution in [2.24, 2.45) is 0 Å². The third-order valence-electron chi connectivity index (χ3n) is 8.12. The summed E-state index contributed by atoms with van der Waals surface area (Å²) in [4.78, 5) is 44.7. The summed E-state index contributed by atoms with van der Waals surface area (Å²) in [5.74, 6) is 0.276. The highest BCUT2D eigenvalue weighted by atomic mass is 35.5. The standard InChI is InChI=1S/C19H17ClN4O2.C17H16N4O/c20-11-17(25)23-19-22-15-3-1-2-4-16(15)24(19)14-9-5-12(6-10-14)18(26)21-13-7-8-13;18-17-20-14-3-1-2-4-15(14)21(17)13-9-5-11(6-10-13)16(22)19-12-7-8-12/h1-6,9-10,13H,7-8,11H2,(H,21,26)(H,22,23,25);1-6,9-10,12H,7-8H2,(H2,18,20)(H,19,22). The minimum Gasteiger partial charge on any atom is -0.369 e. The van der Waals surface area contributed by atoms with E-state index in [0.29, 0.717) is 35.1 Å². The van der Waals surface area contributed by atoms with Gasteiger partial charge < -0.3 is 16.4 Å². The average molecular weight is 661 g/mol. The molecule has 5 N–H and O–H groups in total. The van der Waals surface area contributed by atoms with Gasteiger partial charge in [0.25, 0.3) is 11.8 Å². The number of imidazole rings is 2. The Balaban J connectivity index is 0.000000154. The number of nitrogens with one attached hydrogen (secondary N) is 3. The van der Waals surface area contributed by atoms with Crippen LogP contribution in [0.3, 0.4) is 0 Å². The molecule has 2 saturated carbocycles. The van der Waals surface area contributed by atoms with Crippen molar-refractivity contribution in [3.8, 4) is 11.4 Å². The molecule has 0 atom stereocenters. The fourth-order valence-electron chi connectivity index (χ4n) is 5.36. The zero-order valence-electron chi connectivity index (χ0n) is 25.9. The molecule has 12 heteroatoms. The molecule has 3 amide bonds. The van der Waals surface area contributed by atoms with Crippen molar-refractivity contribution < 1.29 is 14.4 Å². The fourth-order valence-corrected chi connectivity index (χ4v) is 5.43. The first kappa shape index (κ1) is 30.9. The molecule has 48 heavy (non-hydrogen) atoms. The van der Waals surface area contributed by atoms with Crippen molar-refractivity contribution in [3.63, 3.8) is 0 Å². The molecule has 2 fully saturated rings. The lowest BCUT2D eigenvalue weighted by atomic mass is 10.2. The summed E-state index contributed by atoms with van der Waals surface area (Å²) in [6, 6.07) is 30.7. The molecule has 0 saturated heterocycles. The molecule has 0 radical (unpaired) electrons. The summed E-state index contributed by atoms with van der Waals surface area (Å²) in [6.07, 6.45) is 4.27. The first-order valence-corrected chi connectivity index (χ1v) is 16.3. The topological polar surface area (TPSA) is 149 Å². The minimum absolute atomic E-state index is 0.0162. The van der Waals surface area contributed by atoms with E-state index in [4.69, 9.17) is 17.3 Å². The number of anilines is 2. The Morgan fingerprint density at radius 1 is 0.667 bits per heavy atom. The van der Waals surface area contributed by atoms with Gasteiger partial charge in [-0.3, -0.25) is 28.8 Å². The maximum absolute atomic E-state index is 12.2. The normalized spacial score (nSPS) is 13.9. The van der Waals surface area contributed by atoms with E-state index in [1.54, 1.807) is 12.1 Å². The first-order valence-electron chi connectivity index (χ1n) is 15.8. The summed E-state index contributed by atoms with van der Waals surface area (Å²) in [7, 11) is 0. The predicted molar refractivity (Wildman–Crippen MR) is 187 cm³/mol. The third-order valence-corrected chi connectivity index (χ3v) is 8.36. The van der Waals surface area contributed by atoms with Gasteiger partial charge in [0, 0.05) is 34.6 Å². The van der Waals surface area contributed by atoms with Crippen molar-refractivity contribution in [3.05, 3.63) is 108 Å². The molecule has 2 aromatic heterocycles. The van der Waals surface area contributed by atoms with Crippen LogP contribution in [-0.4, -0.2) is 54.8 Å². The number of benzene rings is 4. The van der Waals surface area contributed by atoms with Gasteiger partial charge in [-0.05, 0) is 98.5 Å². The second-order valence-electron chi connectivity index (χ2n) is 11.8. The van der Waals surface area contributed by atoms with Crippen molar-refractivity contribution in [2.45, 2.75) is 37.8 Å². The molecular weight excluding hydrogens is 628 g/mol. The van der Waals surface area contributed by atoms with Crippen LogP contribution in [0.4, 0.5) is 11.9 Å².